The third-order valence-electron chi connectivity index (χ3n) is 2.95. The Labute approximate surface area is 99.2 Å². The van der Waals surface area contributed by atoms with Crippen LogP contribution < -0.4 is 0 Å². The van der Waals surface area contributed by atoms with Crippen molar-refractivity contribution in [3.63, 3.8) is 0 Å². The van der Waals surface area contributed by atoms with E-state index in [-0.39, 0.29) is 19.4 Å². The predicted molar refractivity (Wildman–Crippen MR) is 60.0 cm³/mol. The van der Waals surface area contributed by atoms with E-state index in [4.69, 9.17) is 4.74 Å². The molecule has 1 N–H and O–H groups in total. The van der Waals surface area contributed by atoms with Gasteiger partial charge in [-0.3, -0.25) is 4.79 Å². The first kappa shape index (κ1) is 11.8. The minimum absolute atomic E-state index is 0.0786. The molecule has 2 rings (SSSR count). The first-order chi connectivity index (χ1) is 8.13. The van der Waals surface area contributed by atoms with Crippen LogP contribution in [-0.4, -0.2) is 22.5 Å². The zero-order chi connectivity index (χ0) is 12.3. The minimum atomic E-state index is -1.91. The Morgan fingerprint density at radius 1 is 1.35 bits per heavy atom. The Morgan fingerprint density at radius 3 is 2.65 bits per heavy atom. The Hall–Kier alpha value is -1.68. The lowest BCUT2D eigenvalue weighted by atomic mass is 10.0. The number of Topliss-reactive ketones (excluding diaryl/α,β-unsaturated/α-hetero) is 1. The molecule has 1 atom stereocenters. The van der Waals surface area contributed by atoms with Crippen molar-refractivity contribution in [3.8, 4) is 0 Å². The zero-order valence-electron chi connectivity index (χ0n) is 9.39. The van der Waals surface area contributed by atoms with Crippen LogP contribution in [0.25, 0.3) is 0 Å². The Kier molecular flexibility index (Phi) is 3.24. The van der Waals surface area contributed by atoms with Crippen molar-refractivity contribution in [2.75, 3.05) is 0 Å². The van der Waals surface area contributed by atoms with Crippen LogP contribution in [0.1, 0.15) is 24.8 Å². The van der Waals surface area contributed by atoms with E-state index in [0.717, 1.165) is 5.56 Å². The molecule has 4 heteroatoms. The van der Waals surface area contributed by atoms with Crippen molar-refractivity contribution in [1.82, 2.24) is 0 Å². The van der Waals surface area contributed by atoms with Gasteiger partial charge in [0, 0.05) is 6.42 Å². The summed E-state index contributed by atoms with van der Waals surface area (Å²) in [6.07, 6.45) is 0.951. The molecule has 1 aromatic rings. The minimum Gasteiger partial charge on any atom is -0.458 e. The van der Waals surface area contributed by atoms with Crippen molar-refractivity contribution in [2.24, 2.45) is 0 Å². The van der Waals surface area contributed by atoms with Gasteiger partial charge in [-0.25, -0.2) is 4.79 Å². The van der Waals surface area contributed by atoms with Crippen LogP contribution in [-0.2, 0) is 20.9 Å². The number of ketones is 1. The molecular weight excluding hydrogens is 220 g/mol. The summed E-state index contributed by atoms with van der Waals surface area (Å²) in [4.78, 5) is 23.1. The van der Waals surface area contributed by atoms with Gasteiger partial charge in [0.2, 0.25) is 5.60 Å². The van der Waals surface area contributed by atoms with Crippen molar-refractivity contribution >= 4 is 11.8 Å². The Bertz CT molecular complexity index is 426. The van der Waals surface area contributed by atoms with E-state index in [0.29, 0.717) is 6.42 Å². The van der Waals surface area contributed by atoms with Crippen LogP contribution in [0.3, 0.4) is 0 Å². The van der Waals surface area contributed by atoms with E-state index in [9.17, 15) is 14.7 Å². The molecule has 0 heterocycles. The molecule has 1 aliphatic carbocycles. The molecule has 1 fully saturated rings. The molecule has 0 unspecified atom stereocenters. The summed E-state index contributed by atoms with van der Waals surface area (Å²) in [6, 6.07) is 9.15. The highest BCUT2D eigenvalue weighted by Crippen LogP contribution is 2.27. The second-order valence-corrected chi connectivity index (χ2v) is 4.20. The van der Waals surface area contributed by atoms with Gasteiger partial charge in [0.25, 0.3) is 0 Å². The number of hydrogen-bond donors (Lipinski definition) is 1. The van der Waals surface area contributed by atoms with E-state index in [1.54, 1.807) is 0 Å². The fraction of sp³-hybridized carbons (Fsp3) is 0.385. The summed E-state index contributed by atoms with van der Waals surface area (Å²) in [6.45, 7) is 0.0786. The van der Waals surface area contributed by atoms with Gasteiger partial charge < -0.3 is 9.84 Å². The van der Waals surface area contributed by atoms with Crippen molar-refractivity contribution in [3.05, 3.63) is 35.9 Å². The van der Waals surface area contributed by atoms with Gasteiger partial charge in [-0.05, 0) is 18.4 Å². The highest BCUT2D eigenvalue weighted by Gasteiger charge is 2.48. The lowest BCUT2D eigenvalue weighted by Gasteiger charge is -2.18. The molecule has 0 radical (unpaired) electrons. The maximum Gasteiger partial charge on any atom is 0.346 e. The van der Waals surface area contributed by atoms with Gasteiger partial charge in [-0.1, -0.05) is 30.3 Å². The van der Waals surface area contributed by atoms with Crippen LogP contribution in [0.5, 0.6) is 0 Å². The number of carbonyl (C=O) groups is 2. The molecule has 4 nitrogen and oxygen atoms in total. The topological polar surface area (TPSA) is 63.6 Å². The molecule has 1 aliphatic rings. The summed E-state index contributed by atoms with van der Waals surface area (Å²) >= 11 is 0. The number of hydrogen-bond acceptors (Lipinski definition) is 4. The standard InChI is InChI=1S/C13H14O4/c14-11-7-4-8-13(11,16)12(15)17-9-10-5-2-1-3-6-10/h1-3,5-6,16H,4,7-9H2/t13-/m0/s1. The highest BCUT2D eigenvalue weighted by molar-refractivity contribution is 6.08. The molecule has 0 aliphatic heterocycles. The van der Waals surface area contributed by atoms with Crippen molar-refractivity contribution in [1.29, 1.82) is 0 Å². The molecular formula is C13H14O4. The number of carbonyl (C=O) groups excluding carboxylic acids is 2. The van der Waals surface area contributed by atoms with Gasteiger partial charge >= 0.3 is 5.97 Å². The Morgan fingerprint density at radius 2 is 2.06 bits per heavy atom. The molecule has 1 aromatic carbocycles. The van der Waals surface area contributed by atoms with Crippen LogP contribution in [0.2, 0.25) is 0 Å². The number of aliphatic hydroxyl groups is 1. The SMILES string of the molecule is O=C1CCC[C@@]1(O)C(=O)OCc1ccccc1. The van der Waals surface area contributed by atoms with E-state index in [1.807, 2.05) is 30.3 Å². The van der Waals surface area contributed by atoms with Crippen LogP contribution in [0.4, 0.5) is 0 Å². The van der Waals surface area contributed by atoms with E-state index in [1.165, 1.54) is 0 Å². The maximum atomic E-state index is 11.7. The average Bonchev–Trinajstić information content (AvgIpc) is 2.69. The van der Waals surface area contributed by atoms with Crippen LogP contribution in [0.15, 0.2) is 30.3 Å². The molecule has 90 valence electrons. The summed E-state index contributed by atoms with van der Waals surface area (Å²) in [5, 5.41) is 9.88. The van der Waals surface area contributed by atoms with E-state index in [2.05, 4.69) is 0 Å². The second-order valence-electron chi connectivity index (χ2n) is 4.20. The van der Waals surface area contributed by atoms with Crippen molar-refractivity contribution < 1.29 is 19.4 Å². The molecule has 0 amide bonds. The van der Waals surface area contributed by atoms with Gasteiger partial charge in [0.1, 0.15) is 6.61 Å². The summed E-state index contributed by atoms with van der Waals surface area (Å²) in [5.74, 6) is -1.26. The fourth-order valence-corrected chi connectivity index (χ4v) is 1.91. The second kappa shape index (κ2) is 4.67. The first-order valence-corrected chi connectivity index (χ1v) is 5.60. The van der Waals surface area contributed by atoms with Gasteiger partial charge in [-0.15, -0.1) is 0 Å². The quantitative estimate of drug-likeness (QED) is 0.630. The van der Waals surface area contributed by atoms with E-state index >= 15 is 0 Å². The fourth-order valence-electron chi connectivity index (χ4n) is 1.91. The third kappa shape index (κ3) is 2.36. The lowest BCUT2D eigenvalue weighted by Crippen LogP contribution is -2.43. The number of benzene rings is 1. The largest absolute Gasteiger partial charge is 0.458 e. The summed E-state index contributed by atoms with van der Waals surface area (Å²) in [5.41, 5.74) is -1.08. The molecule has 0 aromatic heterocycles. The number of esters is 1. The lowest BCUT2D eigenvalue weighted by molar-refractivity contribution is -0.169. The third-order valence-corrected chi connectivity index (χ3v) is 2.95. The van der Waals surface area contributed by atoms with Crippen LogP contribution >= 0.6 is 0 Å². The van der Waals surface area contributed by atoms with Crippen molar-refractivity contribution in [2.45, 2.75) is 31.5 Å². The summed E-state index contributed by atoms with van der Waals surface area (Å²) < 4.78 is 4.98. The first-order valence-electron chi connectivity index (χ1n) is 5.60. The smallest absolute Gasteiger partial charge is 0.346 e. The normalized spacial score (nSPS) is 23.7. The maximum absolute atomic E-state index is 11.7. The Balaban J connectivity index is 1.96. The molecule has 1 saturated carbocycles. The van der Waals surface area contributed by atoms with E-state index < -0.39 is 17.4 Å². The molecule has 0 spiro atoms. The average molecular weight is 234 g/mol. The number of ether oxygens (including phenoxy) is 1. The number of rotatable bonds is 3. The van der Waals surface area contributed by atoms with Gasteiger partial charge in [-0.2, -0.15) is 0 Å². The zero-order valence-corrected chi connectivity index (χ0v) is 9.39. The van der Waals surface area contributed by atoms with Gasteiger partial charge in [0.15, 0.2) is 5.78 Å². The molecule has 17 heavy (non-hydrogen) atoms. The summed E-state index contributed by atoms with van der Waals surface area (Å²) in [7, 11) is 0. The highest BCUT2D eigenvalue weighted by atomic mass is 16.6. The predicted octanol–water partition coefficient (Wildman–Crippen LogP) is 1.21. The monoisotopic (exact) mass is 234 g/mol. The van der Waals surface area contributed by atoms with Gasteiger partial charge in [0.05, 0.1) is 0 Å². The molecule has 0 saturated heterocycles. The molecule has 0 bridgehead atoms. The van der Waals surface area contributed by atoms with Crippen LogP contribution in [0, 0.1) is 0 Å².